The quantitative estimate of drug-likeness (QED) is 0.760. The van der Waals surface area contributed by atoms with Crippen molar-refractivity contribution in [3.63, 3.8) is 0 Å². The number of halogens is 3. The van der Waals surface area contributed by atoms with Gasteiger partial charge in [0.1, 0.15) is 5.78 Å². The highest BCUT2D eigenvalue weighted by Gasteiger charge is 2.10. The summed E-state index contributed by atoms with van der Waals surface area (Å²) in [5.74, 6) is 0.135. The highest BCUT2D eigenvalue weighted by Crippen LogP contribution is 2.24. The molecule has 0 saturated carbocycles. The van der Waals surface area contributed by atoms with Gasteiger partial charge in [-0.05, 0) is 47.0 Å². The lowest BCUT2D eigenvalue weighted by molar-refractivity contribution is -0.116. The number of alkyl halides is 1. The second kappa shape index (κ2) is 5.29. The Morgan fingerprint density at radius 3 is 2.71 bits per heavy atom. The third-order valence-corrected chi connectivity index (χ3v) is 4.02. The van der Waals surface area contributed by atoms with Crippen LogP contribution in [0.3, 0.4) is 0 Å². The lowest BCUT2D eigenvalue weighted by Crippen LogP contribution is -2.12. The van der Waals surface area contributed by atoms with Crippen LogP contribution < -0.4 is 0 Å². The molecule has 1 rings (SSSR count). The van der Waals surface area contributed by atoms with Crippen LogP contribution in [0.2, 0.25) is 5.02 Å². The SMILES string of the molecule is CC(=O)C(Br)Cc1ccc(Cl)c(Br)c1. The Hall–Kier alpha value is 0.140. The maximum atomic E-state index is 11.0. The Balaban J connectivity index is 2.78. The Bertz CT molecular complexity index is 352. The van der Waals surface area contributed by atoms with E-state index in [0.717, 1.165) is 10.0 Å². The first-order valence-electron chi connectivity index (χ1n) is 4.09. The Morgan fingerprint density at radius 1 is 1.57 bits per heavy atom. The lowest BCUT2D eigenvalue weighted by Gasteiger charge is -2.06. The van der Waals surface area contributed by atoms with Crippen LogP contribution in [0, 0.1) is 0 Å². The van der Waals surface area contributed by atoms with Crippen molar-refractivity contribution in [2.24, 2.45) is 0 Å². The zero-order chi connectivity index (χ0) is 10.7. The van der Waals surface area contributed by atoms with E-state index in [-0.39, 0.29) is 10.6 Å². The third kappa shape index (κ3) is 3.37. The molecule has 0 aliphatic heterocycles. The summed E-state index contributed by atoms with van der Waals surface area (Å²) in [5.41, 5.74) is 1.08. The Labute approximate surface area is 105 Å². The van der Waals surface area contributed by atoms with Gasteiger partial charge in [0.2, 0.25) is 0 Å². The van der Waals surface area contributed by atoms with Gasteiger partial charge in [-0.15, -0.1) is 0 Å². The van der Waals surface area contributed by atoms with E-state index in [9.17, 15) is 4.79 Å². The van der Waals surface area contributed by atoms with Gasteiger partial charge in [-0.1, -0.05) is 33.6 Å². The minimum absolute atomic E-state index is 0.115. The van der Waals surface area contributed by atoms with Crippen LogP contribution in [0.5, 0.6) is 0 Å². The van der Waals surface area contributed by atoms with E-state index in [0.29, 0.717) is 11.4 Å². The molecular formula is C10H9Br2ClO. The van der Waals surface area contributed by atoms with Crippen molar-refractivity contribution in [1.29, 1.82) is 0 Å². The highest BCUT2D eigenvalue weighted by molar-refractivity contribution is 9.10. The van der Waals surface area contributed by atoms with E-state index in [1.807, 2.05) is 18.2 Å². The van der Waals surface area contributed by atoms with Crippen molar-refractivity contribution in [2.45, 2.75) is 18.2 Å². The van der Waals surface area contributed by atoms with Crippen molar-refractivity contribution in [1.82, 2.24) is 0 Å². The van der Waals surface area contributed by atoms with Crippen LogP contribution in [0.15, 0.2) is 22.7 Å². The van der Waals surface area contributed by atoms with E-state index in [2.05, 4.69) is 31.9 Å². The van der Waals surface area contributed by atoms with Gasteiger partial charge in [0.05, 0.1) is 9.85 Å². The first kappa shape index (κ1) is 12.2. The van der Waals surface area contributed by atoms with Crippen molar-refractivity contribution in [2.75, 3.05) is 0 Å². The van der Waals surface area contributed by atoms with Gasteiger partial charge >= 0.3 is 0 Å². The summed E-state index contributed by atoms with van der Waals surface area (Å²) in [7, 11) is 0. The molecule has 0 aromatic heterocycles. The van der Waals surface area contributed by atoms with E-state index in [4.69, 9.17) is 11.6 Å². The molecule has 76 valence electrons. The van der Waals surface area contributed by atoms with Crippen molar-refractivity contribution in [3.8, 4) is 0 Å². The zero-order valence-electron chi connectivity index (χ0n) is 7.56. The maximum absolute atomic E-state index is 11.0. The molecule has 1 nitrogen and oxygen atoms in total. The molecule has 0 aliphatic carbocycles. The number of rotatable bonds is 3. The van der Waals surface area contributed by atoms with E-state index in [1.54, 1.807) is 6.92 Å². The number of benzene rings is 1. The molecule has 1 atom stereocenters. The molecule has 14 heavy (non-hydrogen) atoms. The summed E-state index contributed by atoms with van der Waals surface area (Å²) in [4.78, 5) is 10.9. The molecule has 0 spiro atoms. The fourth-order valence-electron chi connectivity index (χ4n) is 1.02. The zero-order valence-corrected chi connectivity index (χ0v) is 11.5. The summed E-state index contributed by atoms with van der Waals surface area (Å²) in [5, 5.41) is 0.683. The van der Waals surface area contributed by atoms with Gasteiger partial charge in [0.25, 0.3) is 0 Å². The molecule has 4 heteroatoms. The van der Waals surface area contributed by atoms with Crippen LogP contribution in [0.4, 0.5) is 0 Å². The van der Waals surface area contributed by atoms with Gasteiger partial charge in [-0.3, -0.25) is 4.79 Å². The predicted molar refractivity (Wildman–Crippen MR) is 66.3 cm³/mol. The molecule has 1 aromatic carbocycles. The summed E-state index contributed by atoms with van der Waals surface area (Å²) in [6.07, 6.45) is 0.686. The second-order valence-corrected chi connectivity index (χ2v) is 5.40. The van der Waals surface area contributed by atoms with Crippen molar-refractivity contribution in [3.05, 3.63) is 33.3 Å². The normalized spacial score (nSPS) is 12.6. The highest BCUT2D eigenvalue weighted by atomic mass is 79.9. The summed E-state index contributed by atoms with van der Waals surface area (Å²) >= 11 is 12.5. The molecule has 1 aromatic rings. The van der Waals surface area contributed by atoms with Gasteiger partial charge in [0.15, 0.2) is 0 Å². The van der Waals surface area contributed by atoms with Crippen molar-refractivity contribution >= 4 is 49.2 Å². The first-order valence-corrected chi connectivity index (χ1v) is 6.18. The van der Waals surface area contributed by atoms with Gasteiger partial charge in [-0.2, -0.15) is 0 Å². The molecule has 0 saturated heterocycles. The summed E-state index contributed by atoms with van der Waals surface area (Å²) in [6.45, 7) is 1.57. The number of carbonyl (C=O) groups is 1. The largest absolute Gasteiger partial charge is 0.299 e. The van der Waals surface area contributed by atoms with Gasteiger partial charge < -0.3 is 0 Å². The molecule has 0 fully saturated rings. The van der Waals surface area contributed by atoms with Crippen LogP contribution in [0.1, 0.15) is 12.5 Å². The molecular weight excluding hydrogens is 331 g/mol. The van der Waals surface area contributed by atoms with Crippen LogP contribution >= 0.6 is 43.5 Å². The van der Waals surface area contributed by atoms with Gasteiger partial charge in [0, 0.05) is 4.47 Å². The number of ketones is 1. The van der Waals surface area contributed by atoms with Gasteiger partial charge in [-0.25, -0.2) is 0 Å². The average Bonchev–Trinajstić information content (AvgIpc) is 2.11. The number of hydrogen-bond donors (Lipinski definition) is 0. The number of carbonyl (C=O) groups excluding carboxylic acids is 1. The minimum atomic E-state index is -0.115. The van der Waals surface area contributed by atoms with Crippen LogP contribution in [-0.4, -0.2) is 10.6 Å². The predicted octanol–water partition coefficient (Wildman–Crippen LogP) is 4.00. The molecule has 0 N–H and O–H groups in total. The van der Waals surface area contributed by atoms with E-state index < -0.39 is 0 Å². The summed E-state index contributed by atoms with van der Waals surface area (Å²) in [6, 6.07) is 5.67. The van der Waals surface area contributed by atoms with E-state index in [1.165, 1.54) is 0 Å². The van der Waals surface area contributed by atoms with Crippen molar-refractivity contribution < 1.29 is 4.79 Å². The molecule has 1 unspecified atom stereocenters. The second-order valence-electron chi connectivity index (χ2n) is 3.03. The average molecular weight is 340 g/mol. The van der Waals surface area contributed by atoms with Crippen LogP contribution in [-0.2, 0) is 11.2 Å². The lowest BCUT2D eigenvalue weighted by atomic mass is 10.1. The Kier molecular flexibility index (Phi) is 4.61. The smallest absolute Gasteiger partial charge is 0.143 e. The molecule has 0 aliphatic rings. The molecule has 0 heterocycles. The molecule has 0 amide bonds. The monoisotopic (exact) mass is 338 g/mol. The summed E-state index contributed by atoms with van der Waals surface area (Å²) < 4.78 is 0.861. The Morgan fingerprint density at radius 2 is 2.21 bits per heavy atom. The topological polar surface area (TPSA) is 17.1 Å². The maximum Gasteiger partial charge on any atom is 0.143 e. The standard InChI is InChI=1S/C10H9Br2ClO/c1-6(14)8(11)4-7-2-3-10(13)9(12)5-7/h2-3,5,8H,4H2,1H3. The molecule has 0 bridgehead atoms. The fraction of sp³-hybridized carbons (Fsp3) is 0.300. The number of hydrogen-bond acceptors (Lipinski definition) is 1. The van der Waals surface area contributed by atoms with Crippen LogP contribution in [0.25, 0.3) is 0 Å². The molecule has 0 radical (unpaired) electrons. The fourth-order valence-corrected chi connectivity index (χ4v) is 1.93. The van der Waals surface area contributed by atoms with E-state index >= 15 is 0 Å². The minimum Gasteiger partial charge on any atom is -0.299 e. The first-order chi connectivity index (χ1) is 6.50. The number of Topliss-reactive ketones (excluding diaryl/α,β-unsaturated/α-hetero) is 1. The third-order valence-electron chi connectivity index (χ3n) is 1.84.